The lowest BCUT2D eigenvalue weighted by atomic mass is 9.88. The van der Waals surface area contributed by atoms with E-state index in [-0.39, 0.29) is 11.4 Å². The zero-order chi connectivity index (χ0) is 20.3. The van der Waals surface area contributed by atoms with Crippen molar-refractivity contribution in [1.29, 1.82) is 5.26 Å². The Balaban J connectivity index is 2.06. The van der Waals surface area contributed by atoms with E-state index in [1.165, 1.54) is 31.2 Å². The Kier molecular flexibility index (Phi) is 5.13. The van der Waals surface area contributed by atoms with Gasteiger partial charge in [-0.05, 0) is 24.6 Å². The van der Waals surface area contributed by atoms with Crippen LogP contribution in [0.25, 0.3) is 0 Å². The number of carbonyl (C=O) groups is 2. The van der Waals surface area contributed by atoms with Gasteiger partial charge in [0.2, 0.25) is 0 Å². The van der Waals surface area contributed by atoms with Gasteiger partial charge in [-0.2, -0.15) is 5.26 Å². The summed E-state index contributed by atoms with van der Waals surface area (Å²) < 4.78 is 0. The van der Waals surface area contributed by atoms with Gasteiger partial charge in [-0.15, -0.1) is 0 Å². The lowest BCUT2D eigenvalue weighted by Gasteiger charge is -2.35. The smallest absolute Gasteiger partial charge is 0.307 e. The van der Waals surface area contributed by atoms with Crippen LogP contribution >= 0.6 is 0 Å². The standard InChI is InChI=1S/C19H15N5O4/c1-12-16(11-20)17(13-6-5-9-15(10-13)24(27)28)23(18(25)21-12)19(26)22-14-7-3-2-4-8-14/h2-10,16-17H,1H3,(H,22,26). The first-order valence-electron chi connectivity index (χ1n) is 8.30. The van der Waals surface area contributed by atoms with Crippen LogP contribution in [0.4, 0.5) is 21.0 Å². The fourth-order valence-electron chi connectivity index (χ4n) is 3.02. The van der Waals surface area contributed by atoms with Crippen molar-refractivity contribution >= 4 is 29.1 Å². The summed E-state index contributed by atoms with van der Waals surface area (Å²) >= 11 is 0. The summed E-state index contributed by atoms with van der Waals surface area (Å²) in [6.45, 7) is 1.52. The fourth-order valence-corrected chi connectivity index (χ4v) is 3.02. The third kappa shape index (κ3) is 3.57. The average molecular weight is 377 g/mol. The minimum Gasteiger partial charge on any atom is -0.307 e. The zero-order valence-electron chi connectivity index (χ0n) is 14.8. The average Bonchev–Trinajstić information content (AvgIpc) is 2.68. The van der Waals surface area contributed by atoms with Crippen molar-refractivity contribution < 1.29 is 14.5 Å². The van der Waals surface area contributed by atoms with Crippen molar-refractivity contribution in [2.45, 2.75) is 13.0 Å². The summed E-state index contributed by atoms with van der Waals surface area (Å²) in [5.74, 6) is -0.929. The number of amides is 4. The molecule has 9 nitrogen and oxygen atoms in total. The number of nitro benzene ring substituents is 1. The molecule has 1 N–H and O–H groups in total. The first-order valence-corrected chi connectivity index (χ1v) is 8.30. The largest absolute Gasteiger partial charge is 0.352 e. The number of imide groups is 1. The van der Waals surface area contributed by atoms with Gasteiger partial charge in [0.1, 0.15) is 5.92 Å². The van der Waals surface area contributed by atoms with Crippen molar-refractivity contribution in [3.63, 3.8) is 0 Å². The number of rotatable bonds is 3. The second kappa shape index (κ2) is 7.67. The van der Waals surface area contributed by atoms with Crippen LogP contribution in [0.3, 0.4) is 0 Å². The van der Waals surface area contributed by atoms with Gasteiger partial charge < -0.3 is 5.32 Å². The molecular formula is C19H15N5O4. The van der Waals surface area contributed by atoms with Crippen molar-refractivity contribution in [1.82, 2.24) is 4.90 Å². The highest BCUT2D eigenvalue weighted by Gasteiger charge is 2.42. The number of anilines is 1. The molecule has 1 heterocycles. The van der Waals surface area contributed by atoms with Crippen LogP contribution < -0.4 is 5.32 Å². The second-order valence-electron chi connectivity index (χ2n) is 6.11. The maximum Gasteiger partial charge on any atom is 0.352 e. The van der Waals surface area contributed by atoms with Crippen LogP contribution in [-0.2, 0) is 0 Å². The number of hydrogen-bond acceptors (Lipinski definition) is 5. The first kappa shape index (κ1) is 18.7. The maximum absolute atomic E-state index is 12.8. The molecule has 28 heavy (non-hydrogen) atoms. The highest BCUT2D eigenvalue weighted by molar-refractivity contribution is 6.08. The van der Waals surface area contributed by atoms with Gasteiger partial charge in [0.25, 0.3) is 5.69 Å². The normalized spacial score (nSPS) is 18.8. The van der Waals surface area contributed by atoms with E-state index in [4.69, 9.17) is 0 Å². The van der Waals surface area contributed by atoms with E-state index in [2.05, 4.69) is 10.3 Å². The number of non-ortho nitro benzene ring substituents is 1. The molecule has 0 aromatic heterocycles. The number of nitriles is 1. The molecule has 3 rings (SSSR count). The van der Waals surface area contributed by atoms with E-state index in [0.29, 0.717) is 11.3 Å². The van der Waals surface area contributed by atoms with Gasteiger partial charge in [-0.25, -0.2) is 19.5 Å². The van der Waals surface area contributed by atoms with Gasteiger partial charge in [0.15, 0.2) is 0 Å². The molecule has 0 saturated carbocycles. The molecule has 1 aliphatic heterocycles. The molecule has 4 amide bonds. The molecule has 2 unspecified atom stereocenters. The molecule has 2 aromatic carbocycles. The Hall–Kier alpha value is -4.06. The molecule has 0 radical (unpaired) electrons. The van der Waals surface area contributed by atoms with Crippen LogP contribution in [0, 0.1) is 27.4 Å². The lowest BCUT2D eigenvalue weighted by molar-refractivity contribution is -0.385. The van der Waals surface area contributed by atoms with Gasteiger partial charge in [-0.3, -0.25) is 10.1 Å². The Bertz CT molecular complexity index is 1010. The summed E-state index contributed by atoms with van der Waals surface area (Å²) in [7, 11) is 0. The number of nitro groups is 1. The maximum atomic E-state index is 12.8. The van der Waals surface area contributed by atoms with Crippen molar-refractivity contribution in [2.24, 2.45) is 10.9 Å². The van der Waals surface area contributed by atoms with Crippen LogP contribution in [0.15, 0.2) is 59.6 Å². The quantitative estimate of drug-likeness (QED) is 0.640. The van der Waals surface area contributed by atoms with Crippen molar-refractivity contribution in [3.05, 3.63) is 70.3 Å². The highest BCUT2D eigenvalue weighted by atomic mass is 16.6. The number of urea groups is 2. The summed E-state index contributed by atoms with van der Waals surface area (Å²) in [6, 6.07) is 13.4. The number of nitrogens with zero attached hydrogens (tertiary/aromatic N) is 4. The molecule has 0 fully saturated rings. The SMILES string of the molecule is CC1=NC(=O)N(C(=O)Nc2ccccc2)C(c2cccc([N+](=O)[O-])c2)C1C#N. The van der Waals surface area contributed by atoms with E-state index in [1.807, 2.05) is 6.07 Å². The molecule has 0 spiro atoms. The molecule has 2 aromatic rings. The minimum absolute atomic E-state index is 0.203. The molecule has 140 valence electrons. The van der Waals surface area contributed by atoms with E-state index >= 15 is 0 Å². The molecule has 2 atom stereocenters. The fraction of sp³-hybridized carbons (Fsp3) is 0.158. The summed E-state index contributed by atoms with van der Waals surface area (Å²) in [4.78, 5) is 40.5. The van der Waals surface area contributed by atoms with Crippen LogP contribution in [0.5, 0.6) is 0 Å². The number of hydrogen-bond donors (Lipinski definition) is 1. The second-order valence-corrected chi connectivity index (χ2v) is 6.11. The molecule has 0 aliphatic carbocycles. The molecule has 0 bridgehead atoms. The number of para-hydroxylation sites is 1. The third-order valence-corrected chi connectivity index (χ3v) is 4.33. The summed E-state index contributed by atoms with van der Waals surface area (Å²) in [5, 5.41) is 23.3. The first-order chi connectivity index (χ1) is 13.4. The van der Waals surface area contributed by atoms with Crippen LogP contribution in [0.2, 0.25) is 0 Å². The Morgan fingerprint density at radius 3 is 2.61 bits per heavy atom. The van der Waals surface area contributed by atoms with Crippen LogP contribution in [-0.4, -0.2) is 27.6 Å². The van der Waals surface area contributed by atoms with Gasteiger partial charge >= 0.3 is 12.1 Å². The van der Waals surface area contributed by atoms with Crippen molar-refractivity contribution in [3.8, 4) is 6.07 Å². The Labute approximate surface area is 160 Å². The molecular weight excluding hydrogens is 362 g/mol. The van der Waals surface area contributed by atoms with E-state index in [9.17, 15) is 25.0 Å². The highest BCUT2D eigenvalue weighted by Crippen LogP contribution is 2.35. The number of nitrogens with one attached hydrogen (secondary N) is 1. The van der Waals surface area contributed by atoms with Crippen LogP contribution in [0.1, 0.15) is 18.5 Å². The number of carbonyl (C=O) groups excluding carboxylic acids is 2. The molecule has 0 saturated heterocycles. The van der Waals surface area contributed by atoms with Gasteiger partial charge in [0, 0.05) is 23.5 Å². The predicted octanol–water partition coefficient (Wildman–Crippen LogP) is 3.90. The summed E-state index contributed by atoms with van der Waals surface area (Å²) in [5.41, 5.74) is 0.794. The molecule has 9 heteroatoms. The van der Waals surface area contributed by atoms with E-state index in [1.54, 1.807) is 30.3 Å². The number of benzene rings is 2. The minimum atomic E-state index is -1.04. The van der Waals surface area contributed by atoms with Crippen molar-refractivity contribution in [2.75, 3.05) is 5.32 Å². The Morgan fingerprint density at radius 1 is 1.25 bits per heavy atom. The lowest BCUT2D eigenvalue weighted by Crippen LogP contribution is -2.48. The molecule has 1 aliphatic rings. The summed E-state index contributed by atoms with van der Waals surface area (Å²) in [6.07, 6.45) is 0. The van der Waals surface area contributed by atoms with Gasteiger partial charge in [-0.1, -0.05) is 30.3 Å². The topological polar surface area (TPSA) is 129 Å². The number of aliphatic imine (C=N–C) groups is 1. The zero-order valence-corrected chi connectivity index (χ0v) is 14.8. The third-order valence-electron chi connectivity index (χ3n) is 4.33. The van der Waals surface area contributed by atoms with E-state index < -0.39 is 28.9 Å². The Morgan fingerprint density at radius 2 is 1.96 bits per heavy atom. The monoisotopic (exact) mass is 377 g/mol. The predicted molar refractivity (Wildman–Crippen MR) is 101 cm³/mol. The van der Waals surface area contributed by atoms with Gasteiger partial charge in [0.05, 0.1) is 17.0 Å². The van der Waals surface area contributed by atoms with E-state index in [0.717, 1.165) is 4.90 Å².